The number of hydrogen-bond acceptors (Lipinski definition) is 2. The van der Waals surface area contributed by atoms with E-state index >= 15 is 0 Å². The molecule has 0 heterocycles. The van der Waals surface area contributed by atoms with Crippen molar-refractivity contribution in [2.24, 2.45) is 5.73 Å². The van der Waals surface area contributed by atoms with Crippen LogP contribution >= 0.6 is 15.9 Å². The second-order valence-electron chi connectivity index (χ2n) is 4.16. The van der Waals surface area contributed by atoms with Crippen LogP contribution < -0.4 is 11.1 Å². The molecule has 0 fully saturated rings. The fourth-order valence-corrected chi connectivity index (χ4v) is 2.18. The van der Waals surface area contributed by atoms with Gasteiger partial charge in [-0.05, 0) is 24.3 Å². The molecule has 1 unspecified atom stereocenters. The van der Waals surface area contributed by atoms with E-state index in [1.807, 2.05) is 6.07 Å². The smallest absolute Gasteiger partial charge is 0.244 e. The Morgan fingerprint density at radius 3 is 2.55 bits per heavy atom. The van der Waals surface area contributed by atoms with Gasteiger partial charge in [-0.15, -0.1) is 0 Å². The van der Waals surface area contributed by atoms with Crippen LogP contribution in [0.3, 0.4) is 0 Å². The molecule has 0 bridgehead atoms. The van der Waals surface area contributed by atoms with Crippen LogP contribution in [0.1, 0.15) is 11.6 Å². The largest absolute Gasteiger partial charge is 0.370 e. The van der Waals surface area contributed by atoms with Crippen molar-refractivity contribution in [3.8, 4) is 0 Å². The third-order valence-electron chi connectivity index (χ3n) is 2.69. The maximum Gasteiger partial charge on any atom is 0.244 e. The Kier molecular flexibility index (Phi) is 4.34. The summed E-state index contributed by atoms with van der Waals surface area (Å²) in [5.74, 6) is -2.29. The zero-order chi connectivity index (χ0) is 14.7. The number of benzene rings is 2. The molecule has 104 valence electrons. The Morgan fingerprint density at radius 1 is 1.20 bits per heavy atom. The zero-order valence-electron chi connectivity index (χ0n) is 10.2. The molecule has 2 aromatic carbocycles. The number of carbonyl (C=O) groups is 1. The lowest BCUT2D eigenvalue weighted by Crippen LogP contribution is -2.28. The third kappa shape index (κ3) is 3.33. The van der Waals surface area contributed by atoms with E-state index in [0.29, 0.717) is 11.8 Å². The maximum atomic E-state index is 13.7. The first-order valence-corrected chi connectivity index (χ1v) is 6.53. The Balaban J connectivity index is 2.34. The summed E-state index contributed by atoms with van der Waals surface area (Å²) in [5.41, 5.74) is 5.88. The van der Waals surface area contributed by atoms with E-state index in [9.17, 15) is 13.6 Å². The van der Waals surface area contributed by atoms with Gasteiger partial charge in [-0.2, -0.15) is 0 Å². The van der Waals surface area contributed by atoms with Crippen LogP contribution in [0.4, 0.5) is 14.5 Å². The van der Waals surface area contributed by atoms with Gasteiger partial charge in [0.25, 0.3) is 0 Å². The van der Waals surface area contributed by atoms with Crippen molar-refractivity contribution in [1.82, 2.24) is 0 Å². The predicted molar refractivity (Wildman–Crippen MR) is 76.1 cm³/mol. The molecule has 0 radical (unpaired) electrons. The summed E-state index contributed by atoms with van der Waals surface area (Å²) in [6.45, 7) is 0. The quantitative estimate of drug-likeness (QED) is 0.896. The number of halogens is 3. The highest BCUT2D eigenvalue weighted by Crippen LogP contribution is 2.24. The van der Waals surface area contributed by atoms with Crippen LogP contribution in [-0.4, -0.2) is 5.91 Å². The summed E-state index contributed by atoms with van der Waals surface area (Å²) in [4.78, 5) is 11.5. The number of hydrogen-bond donors (Lipinski definition) is 2. The second-order valence-corrected chi connectivity index (χ2v) is 5.07. The lowest BCUT2D eigenvalue weighted by molar-refractivity contribution is -0.118. The van der Waals surface area contributed by atoms with Gasteiger partial charge >= 0.3 is 0 Å². The monoisotopic (exact) mass is 340 g/mol. The van der Waals surface area contributed by atoms with Gasteiger partial charge in [0.2, 0.25) is 5.91 Å². The van der Waals surface area contributed by atoms with Crippen molar-refractivity contribution < 1.29 is 13.6 Å². The van der Waals surface area contributed by atoms with Gasteiger partial charge in [0, 0.05) is 21.8 Å². The molecular weight excluding hydrogens is 330 g/mol. The highest BCUT2D eigenvalue weighted by atomic mass is 79.9. The molecule has 3 N–H and O–H groups in total. The van der Waals surface area contributed by atoms with E-state index in [-0.39, 0.29) is 5.56 Å². The van der Waals surface area contributed by atoms with Crippen LogP contribution in [-0.2, 0) is 4.79 Å². The number of carbonyl (C=O) groups excluding carboxylic acids is 1. The van der Waals surface area contributed by atoms with E-state index in [0.717, 1.165) is 10.5 Å². The van der Waals surface area contributed by atoms with Crippen molar-refractivity contribution >= 4 is 27.5 Å². The average Bonchev–Trinajstić information content (AvgIpc) is 2.36. The number of primary amides is 1. The molecule has 0 aliphatic heterocycles. The minimum atomic E-state index is -1.08. The molecule has 0 aromatic heterocycles. The first-order chi connectivity index (χ1) is 9.47. The Hall–Kier alpha value is -1.95. The Bertz CT molecular complexity index is 649. The molecule has 20 heavy (non-hydrogen) atoms. The Labute approximate surface area is 122 Å². The van der Waals surface area contributed by atoms with Gasteiger partial charge in [-0.3, -0.25) is 4.79 Å². The van der Waals surface area contributed by atoms with Crippen LogP contribution in [0.25, 0.3) is 0 Å². The van der Waals surface area contributed by atoms with Gasteiger partial charge in [0.1, 0.15) is 17.7 Å². The number of nitrogens with one attached hydrogen (secondary N) is 1. The van der Waals surface area contributed by atoms with Gasteiger partial charge in [-0.25, -0.2) is 8.78 Å². The van der Waals surface area contributed by atoms with E-state index in [1.54, 1.807) is 18.2 Å². The molecule has 0 spiro atoms. The minimum Gasteiger partial charge on any atom is -0.370 e. The molecule has 6 heteroatoms. The summed E-state index contributed by atoms with van der Waals surface area (Å²) in [5, 5.41) is 2.83. The van der Waals surface area contributed by atoms with Gasteiger partial charge in [-0.1, -0.05) is 28.1 Å². The maximum absolute atomic E-state index is 13.7. The Morgan fingerprint density at radius 2 is 1.95 bits per heavy atom. The topological polar surface area (TPSA) is 55.1 Å². The standard InChI is InChI=1S/C14H11BrF2N2O/c15-8-2-1-3-10(6-8)19-13(14(18)20)11-5-4-9(16)7-12(11)17/h1-7,13,19H,(H2,18,20). The van der Waals surface area contributed by atoms with Crippen molar-refractivity contribution in [2.45, 2.75) is 6.04 Å². The first kappa shape index (κ1) is 14.5. The zero-order valence-corrected chi connectivity index (χ0v) is 11.8. The number of anilines is 1. The van der Waals surface area contributed by atoms with Gasteiger partial charge in [0.05, 0.1) is 0 Å². The molecular formula is C14H11BrF2N2O. The van der Waals surface area contributed by atoms with Crippen molar-refractivity contribution in [2.75, 3.05) is 5.32 Å². The molecule has 0 saturated heterocycles. The van der Waals surface area contributed by atoms with E-state index in [4.69, 9.17) is 5.73 Å². The average molecular weight is 341 g/mol. The third-order valence-corrected chi connectivity index (χ3v) is 3.19. The molecule has 1 atom stereocenters. The number of amides is 1. The lowest BCUT2D eigenvalue weighted by atomic mass is 10.1. The summed E-state index contributed by atoms with van der Waals surface area (Å²) in [6, 6.07) is 8.91. The van der Waals surface area contributed by atoms with Crippen LogP contribution in [0.2, 0.25) is 0 Å². The van der Waals surface area contributed by atoms with E-state index in [1.165, 1.54) is 6.07 Å². The number of rotatable bonds is 4. The normalized spacial score (nSPS) is 11.9. The molecule has 0 aliphatic carbocycles. The van der Waals surface area contributed by atoms with Crippen molar-refractivity contribution in [3.63, 3.8) is 0 Å². The molecule has 1 amide bonds. The van der Waals surface area contributed by atoms with Gasteiger partial charge < -0.3 is 11.1 Å². The van der Waals surface area contributed by atoms with Crippen LogP contribution in [0, 0.1) is 11.6 Å². The fraction of sp³-hybridized carbons (Fsp3) is 0.0714. The predicted octanol–water partition coefficient (Wildman–Crippen LogP) is 3.37. The van der Waals surface area contributed by atoms with E-state index in [2.05, 4.69) is 21.2 Å². The number of nitrogens with two attached hydrogens (primary N) is 1. The summed E-state index contributed by atoms with van der Waals surface area (Å²) in [7, 11) is 0. The fourth-order valence-electron chi connectivity index (χ4n) is 1.78. The minimum absolute atomic E-state index is 0.00104. The van der Waals surface area contributed by atoms with E-state index < -0.39 is 23.6 Å². The van der Waals surface area contributed by atoms with Crippen molar-refractivity contribution in [3.05, 3.63) is 64.1 Å². The second kappa shape index (κ2) is 6.00. The molecule has 2 rings (SSSR count). The highest BCUT2D eigenvalue weighted by Gasteiger charge is 2.21. The first-order valence-electron chi connectivity index (χ1n) is 5.74. The molecule has 0 saturated carbocycles. The highest BCUT2D eigenvalue weighted by molar-refractivity contribution is 9.10. The van der Waals surface area contributed by atoms with Crippen LogP contribution in [0.5, 0.6) is 0 Å². The molecule has 3 nitrogen and oxygen atoms in total. The molecule has 2 aromatic rings. The summed E-state index contributed by atoms with van der Waals surface area (Å²) in [6.07, 6.45) is 0. The van der Waals surface area contributed by atoms with Gasteiger partial charge in [0.15, 0.2) is 0 Å². The summed E-state index contributed by atoms with van der Waals surface area (Å²) < 4.78 is 27.5. The van der Waals surface area contributed by atoms with Crippen LogP contribution in [0.15, 0.2) is 46.9 Å². The SMILES string of the molecule is NC(=O)C(Nc1cccc(Br)c1)c1ccc(F)cc1F. The molecule has 0 aliphatic rings. The van der Waals surface area contributed by atoms with Crippen molar-refractivity contribution in [1.29, 1.82) is 0 Å². The summed E-state index contributed by atoms with van der Waals surface area (Å²) >= 11 is 3.29. The lowest BCUT2D eigenvalue weighted by Gasteiger charge is -2.18.